The summed E-state index contributed by atoms with van der Waals surface area (Å²) in [5.41, 5.74) is 0.611. The second-order valence-electron chi connectivity index (χ2n) is 2.79. The van der Waals surface area contributed by atoms with E-state index in [1.807, 2.05) is 0 Å². The minimum Gasteiger partial charge on any atom is -0.466 e. The summed E-state index contributed by atoms with van der Waals surface area (Å²) in [7, 11) is 1.28. The summed E-state index contributed by atoms with van der Waals surface area (Å²) >= 11 is 0. The van der Waals surface area contributed by atoms with E-state index < -0.39 is 12.0 Å². The second-order valence-corrected chi connectivity index (χ2v) is 2.79. The van der Waals surface area contributed by atoms with Crippen LogP contribution in [0.15, 0.2) is 23.3 Å². The van der Waals surface area contributed by atoms with Crippen molar-refractivity contribution < 1.29 is 18.3 Å². The summed E-state index contributed by atoms with van der Waals surface area (Å²) in [4.78, 5) is 10.9. The second kappa shape index (κ2) is 4.16. The molecular weight excluding hydrogens is 178 g/mol. The molecule has 0 radical (unpaired) electrons. The smallest absolute Gasteiger partial charge is 0.333 e. The number of allylic oxidation sites excluding steroid dienone is 2. The number of carbonyl (C=O) groups is 1. The van der Waals surface area contributed by atoms with Crippen LogP contribution in [0.5, 0.6) is 0 Å². The highest BCUT2D eigenvalue weighted by Crippen LogP contribution is 2.26. The van der Waals surface area contributed by atoms with Crippen molar-refractivity contribution in [1.82, 2.24) is 0 Å². The van der Waals surface area contributed by atoms with Crippen molar-refractivity contribution in [3.05, 3.63) is 23.3 Å². The van der Waals surface area contributed by atoms with E-state index in [-0.39, 0.29) is 18.4 Å². The van der Waals surface area contributed by atoms with Crippen LogP contribution in [-0.2, 0) is 9.53 Å². The van der Waals surface area contributed by atoms with Crippen LogP contribution >= 0.6 is 0 Å². The zero-order chi connectivity index (χ0) is 9.84. The summed E-state index contributed by atoms with van der Waals surface area (Å²) in [5, 5.41) is 0. The normalized spacial score (nSPS) is 16.5. The molecule has 1 aliphatic rings. The lowest BCUT2D eigenvalue weighted by molar-refractivity contribution is -0.136. The Kier molecular flexibility index (Phi) is 3.17. The minimum atomic E-state index is -1.62. The molecule has 0 spiro atoms. The Bertz CT molecular complexity index is 275. The largest absolute Gasteiger partial charge is 0.466 e. The van der Waals surface area contributed by atoms with Crippen molar-refractivity contribution in [3.8, 4) is 0 Å². The number of rotatable bonds is 1. The summed E-state index contributed by atoms with van der Waals surface area (Å²) in [6.45, 7) is 0. The lowest BCUT2D eigenvalue weighted by Gasteiger charge is -2.12. The highest BCUT2D eigenvalue weighted by atomic mass is 19.3. The minimum absolute atomic E-state index is 0.118. The van der Waals surface area contributed by atoms with E-state index >= 15 is 0 Å². The SMILES string of the molecule is COC(=O)C1=CCC(=C(F)F)CC1. The lowest BCUT2D eigenvalue weighted by atomic mass is 9.96. The van der Waals surface area contributed by atoms with Crippen molar-refractivity contribution in [1.29, 1.82) is 0 Å². The Balaban J connectivity index is 2.68. The van der Waals surface area contributed by atoms with Gasteiger partial charge in [0, 0.05) is 5.57 Å². The number of carbonyl (C=O) groups excluding carboxylic acids is 1. The van der Waals surface area contributed by atoms with E-state index in [2.05, 4.69) is 4.74 Å². The van der Waals surface area contributed by atoms with Crippen LogP contribution < -0.4 is 0 Å². The van der Waals surface area contributed by atoms with Gasteiger partial charge in [-0.05, 0) is 24.8 Å². The van der Waals surface area contributed by atoms with Crippen LogP contribution in [0.25, 0.3) is 0 Å². The topological polar surface area (TPSA) is 26.3 Å². The van der Waals surface area contributed by atoms with E-state index in [4.69, 9.17) is 0 Å². The molecule has 1 rings (SSSR count). The molecule has 2 nitrogen and oxygen atoms in total. The van der Waals surface area contributed by atoms with Gasteiger partial charge in [-0.15, -0.1) is 0 Å². The van der Waals surface area contributed by atoms with Gasteiger partial charge in [0.25, 0.3) is 6.08 Å². The van der Waals surface area contributed by atoms with Gasteiger partial charge >= 0.3 is 5.97 Å². The van der Waals surface area contributed by atoms with E-state index in [0.29, 0.717) is 12.0 Å². The van der Waals surface area contributed by atoms with Gasteiger partial charge < -0.3 is 4.74 Å². The molecule has 0 aromatic rings. The Morgan fingerprint density at radius 2 is 2.15 bits per heavy atom. The van der Waals surface area contributed by atoms with Crippen LogP contribution in [0.2, 0.25) is 0 Å². The fourth-order valence-corrected chi connectivity index (χ4v) is 1.22. The van der Waals surface area contributed by atoms with Crippen molar-refractivity contribution >= 4 is 5.97 Å². The molecular formula is C9H10F2O2. The summed E-state index contributed by atoms with van der Waals surface area (Å²) < 4.78 is 28.6. The summed E-state index contributed by atoms with van der Waals surface area (Å²) in [6, 6.07) is 0. The first-order valence-corrected chi connectivity index (χ1v) is 3.95. The van der Waals surface area contributed by atoms with E-state index in [9.17, 15) is 13.6 Å². The molecule has 0 aromatic carbocycles. The van der Waals surface area contributed by atoms with E-state index in [1.54, 1.807) is 0 Å². The molecule has 0 atom stereocenters. The predicted octanol–water partition coefficient (Wildman–Crippen LogP) is 2.42. The molecule has 0 aromatic heterocycles. The third kappa shape index (κ3) is 2.37. The molecule has 0 saturated carbocycles. The molecule has 4 heteroatoms. The average molecular weight is 188 g/mol. The van der Waals surface area contributed by atoms with Crippen molar-refractivity contribution in [3.63, 3.8) is 0 Å². The highest BCUT2D eigenvalue weighted by Gasteiger charge is 2.17. The van der Waals surface area contributed by atoms with Crippen LogP contribution in [-0.4, -0.2) is 13.1 Å². The van der Waals surface area contributed by atoms with Gasteiger partial charge in [0.1, 0.15) is 0 Å². The first kappa shape index (κ1) is 9.89. The van der Waals surface area contributed by atoms with Crippen molar-refractivity contribution in [2.45, 2.75) is 19.3 Å². The van der Waals surface area contributed by atoms with E-state index in [0.717, 1.165) is 0 Å². The standard InChI is InChI=1S/C9H10F2O2/c1-13-9(12)7-4-2-6(3-5-7)8(10)11/h4H,2-3,5H2,1H3. The molecule has 0 N–H and O–H groups in total. The molecule has 0 aliphatic heterocycles. The maximum atomic E-state index is 12.1. The first-order valence-electron chi connectivity index (χ1n) is 3.95. The first-order chi connectivity index (χ1) is 6.15. The Morgan fingerprint density at radius 1 is 1.46 bits per heavy atom. The number of esters is 1. The Morgan fingerprint density at radius 3 is 2.54 bits per heavy atom. The molecule has 0 saturated heterocycles. The van der Waals surface area contributed by atoms with Gasteiger partial charge in [-0.25, -0.2) is 4.79 Å². The predicted molar refractivity (Wildman–Crippen MR) is 43.2 cm³/mol. The number of halogens is 2. The fraction of sp³-hybridized carbons (Fsp3) is 0.444. The number of hydrogen-bond donors (Lipinski definition) is 0. The quantitative estimate of drug-likeness (QED) is 0.590. The third-order valence-electron chi connectivity index (χ3n) is 2.01. The van der Waals surface area contributed by atoms with Crippen LogP contribution in [0.4, 0.5) is 8.78 Å². The van der Waals surface area contributed by atoms with Gasteiger partial charge in [0.15, 0.2) is 0 Å². The Labute approximate surface area is 74.9 Å². The van der Waals surface area contributed by atoms with Gasteiger partial charge in [0.05, 0.1) is 7.11 Å². The van der Waals surface area contributed by atoms with Crippen LogP contribution in [0.1, 0.15) is 19.3 Å². The molecule has 0 fully saturated rings. The monoisotopic (exact) mass is 188 g/mol. The molecule has 0 heterocycles. The zero-order valence-electron chi connectivity index (χ0n) is 7.27. The molecule has 1 aliphatic carbocycles. The number of methoxy groups -OCH3 is 1. The van der Waals surface area contributed by atoms with Gasteiger partial charge in [0.2, 0.25) is 0 Å². The molecule has 0 bridgehead atoms. The van der Waals surface area contributed by atoms with E-state index in [1.165, 1.54) is 13.2 Å². The van der Waals surface area contributed by atoms with Crippen molar-refractivity contribution in [2.24, 2.45) is 0 Å². The summed E-state index contributed by atoms with van der Waals surface area (Å²) in [5.74, 6) is -0.418. The highest BCUT2D eigenvalue weighted by molar-refractivity contribution is 5.88. The zero-order valence-corrected chi connectivity index (χ0v) is 7.27. The van der Waals surface area contributed by atoms with Crippen LogP contribution in [0, 0.1) is 0 Å². The number of ether oxygens (including phenoxy) is 1. The summed E-state index contributed by atoms with van der Waals surface area (Å²) in [6.07, 6.45) is 0.638. The molecule has 13 heavy (non-hydrogen) atoms. The maximum absolute atomic E-state index is 12.1. The average Bonchev–Trinajstić information content (AvgIpc) is 2.17. The fourth-order valence-electron chi connectivity index (χ4n) is 1.22. The lowest BCUT2D eigenvalue weighted by Crippen LogP contribution is -2.08. The van der Waals surface area contributed by atoms with Gasteiger partial charge in [-0.2, -0.15) is 8.78 Å². The number of hydrogen-bond acceptors (Lipinski definition) is 2. The van der Waals surface area contributed by atoms with Gasteiger partial charge in [-0.3, -0.25) is 0 Å². The molecule has 0 amide bonds. The van der Waals surface area contributed by atoms with Gasteiger partial charge in [-0.1, -0.05) is 6.08 Å². The van der Waals surface area contributed by atoms with Crippen LogP contribution in [0.3, 0.4) is 0 Å². The third-order valence-corrected chi connectivity index (χ3v) is 2.01. The van der Waals surface area contributed by atoms with Crippen molar-refractivity contribution in [2.75, 3.05) is 7.11 Å². The Hall–Kier alpha value is -1.19. The molecule has 0 unspecified atom stereocenters. The maximum Gasteiger partial charge on any atom is 0.333 e. The molecule has 72 valence electrons.